The van der Waals surface area contributed by atoms with Gasteiger partial charge in [0.2, 0.25) is 5.91 Å². The van der Waals surface area contributed by atoms with Crippen LogP contribution in [0.5, 0.6) is 0 Å². The topological polar surface area (TPSA) is 66.6 Å². The van der Waals surface area contributed by atoms with Crippen LogP contribution in [0.2, 0.25) is 0 Å². The first-order valence-corrected chi connectivity index (χ1v) is 8.51. The lowest BCUT2D eigenvalue weighted by molar-refractivity contribution is -0.139. The lowest BCUT2D eigenvalue weighted by Gasteiger charge is -2.36. The molecule has 1 amide bonds. The van der Waals surface area contributed by atoms with Crippen LogP contribution in [0.25, 0.3) is 0 Å². The van der Waals surface area contributed by atoms with E-state index in [1.54, 1.807) is 0 Å². The van der Waals surface area contributed by atoms with Gasteiger partial charge in [-0.15, -0.1) is 0 Å². The number of nitrogens with zero attached hydrogens (tertiary/aromatic N) is 1. The van der Waals surface area contributed by atoms with Crippen molar-refractivity contribution in [2.24, 2.45) is 11.1 Å². The summed E-state index contributed by atoms with van der Waals surface area (Å²) in [6.45, 7) is 7.24. The molecule has 21 heavy (non-hydrogen) atoms. The lowest BCUT2D eigenvalue weighted by atomic mass is 9.77. The van der Waals surface area contributed by atoms with Gasteiger partial charge >= 0.3 is 0 Å². The Bertz CT molecular complexity index is 376. The van der Waals surface area contributed by atoms with E-state index in [1.165, 1.54) is 0 Å². The smallest absolute Gasteiger partial charge is 0.235 e. The molecule has 0 bridgehead atoms. The standard InChI is InChI=1S/C16H30N2O2S/c1-4-7-16(8-5-2,13(17)21)14(19)18-11-6-9-15(3,20)10-12-18/h20H,4-12H2,1-3H3,(H2,17,21). The van der Waals surface area contributed by atoms with Gasteiger partial charge in [-0.05, 0) is 39.0 Å². The summed E-state index contributed by atoms with van der Waals surface area (Å²) >= 11 is 5.27. The molecule has 0 aliphatic carbocycles. The van der Waals surface area contributed by atoms with Gasteiger partial charge in [0.05, 0.1) is 16.0 Å². The van der Waals surface area contributed by atoms with Crippen molar-refractivity contribution >= 4 is 23.1 Å². The molecule has 0 radical (unpaired) electrons. The van der Waals surface area contributed by atoms with Gasteiger partial charge in [-0.2, -0.15) is 0 Å². The first-order valence-electron chi connectivity index (χ1n) is 8.11. The van der Waals surface area contributed by atoms with Gasteiger partial charge in [-0.3, -0.25) is 4.79 Å². The third-order valence-electron chi connectivity index (χ3n) is 4.59. The number of rotatable bonds is 6. The van der Waals surface area contributed by atoms with Crippen molar-refractivity contribution in [3.63, 3.8) is 0 Å². The fourth-order valence-electron chi connectivity index (χ4n) is 3.31. The molecule has 1 heterocycles. The average molecular weight is 314 g/mol. The zero-order chi connectivity index (χ0) is 16.1. The number of thiocarbonyl (C=S) groups is 1. The molecule has 0 aromatic rings. The van der Waals surface area contributed by atoms with Crippen LogP contribution in [-0.2, 0) is 4.79 Å². The van der Waals surface area contributed by atoms with Gasteiger partial charge < -0.3 is 15.7 Å². The van der Waals surface area contributed by atoms with Crippen LogP contribution in [0, 0.1) is 5.41 Å². The van der Waals surface area contributed by atoms with Gasteiger partial charge in [-0.1, -0.05) is 38.9 Å². The van der Waals surface area contributed by atoms with E-state index in [4.69, 9.17) is 18.0 Å². The Morgan fingerprint density at radius 1 is 1.29 bits per heavy atom. The molecule has 5 heteroatoms. The first-order chi connectivity index (χ1) is 9.79. The molecule has 1 fully saturated rings. The summed E-state index contributed by atoms with van der Waals surface area (Å²) in [7, 11) is 0. The fraction of sp³-hybridized carbons (Fsp3) is 0.875. The normalized spacial score (nSPS) is 23.7. The van der Waals surface area contributed by atoms with Crippen LogP contribution in [0.3, 0.4) is 0 Å². The lowest BCUT2D eigenvalue weighted by Crippen LogP contribution is -2.51. The summed E-state index contributed by atoms with van der Waals surface area (Å²) in [5.74, 6) is 0.0661. The van der Waals surface area contributed by atoms with Crippen LogP contribution < -0.4 is 5.73 Å². The summed E-state index contributed by atoms with van der Waals surface area (Å²) in [6, 6.07) is 0. The Hall–Kier alpha value is -0.680. The summed E-state index contributed by atoms with van der Waals surface area (Å²) in [5, 5.41) is 10.2. The monoisotopic (exact) mass is 314 g/mol. The Morgan fingerprint density at radius 2 is 1.86 bits per heavy atom. The largest absolute Gasteiger partial charge is 0.392 e. The molecule has 4 nitrogen and oxygen atoms in total. The highest BCUT2D eigenvalue weighted by molar-refractivity contribution is 7.80. The Balaban J connectivity index is 2.96. The number of amides is 1. The van der Waals surface area contributed by atoms with Crippen molar-refractivity contribution in [3.8, 4) is 0 Å². The van der Waals surface area contributed by atoms with Gasteiger partial charge in [0, 0.05) is 13.1 Å². The van der Waals surface area contributed by atoms with E-state index in [2.05, 4.69) is 13.8 Å². The second-order valence-corrected chi connectivity index (χ2v) is 7.03. The van der Waals surface area contributed by atoms with Crippen molar-refractivity contribution in [1.82, 2.24) is 4.90 Å². The van der Waals surface area contributed by atoms with E-state index in [-0.39, 0.29) is 5.91 Å². The molecule has 1 aliphatic rings. The van der Waals surface area contributed by atoms with Gasteiger partial charge in [0.25, 0.3) is 0 Å². The fourth-order valence-corrected chi connectivity index (χ4v) is 3.60. The Kier molecular flexibility index (Phi) is 6.60. The minimum Gasteiger partial charge on any atom is -0.392 e. The number of aliphatic hydroxyl groups is 1. The number of carbonyl (C=O) groups is 1. The van der Waals surface area contributed by atoms with Gasteiger partial charge in [0.15, 0.2) is 0 Å². The summed E-state index contributed by atoms with van der Waals surface area (Å²) in [4.78, 5) is 15.3. The van der Waals surface area contributed by atoms with Crippen LogP contribution >= 0.6 is 12.2 Å². The maximum atomic E-state index is 13.1. The van der Waals surface area contributed by atoms with Crippen molar-refractivity contribution in [2.75, 3.05) is 13.1 Å². The van der Waals surface area contributed by atoms with Crippen molar-refractivity contribution in [1.29, 1.82) is 0 Å². The number of carbonyl (C=O) groups excluding carboxylic acids is 1. The average Bonchev–Trinajstić information content (AvgIpc) is 2.58. The highest BCUT2D eigenvalue weighted by atomic mass is 32.1. The van der Waals surface area contributed by atoms with Crippen LogP contribution in [0.4, 0.5) is 0 Å². The highest BCUT2D eigenvalue weighted by Gasteiger charge is 2.43. The molecule has 0 aromatic heterocycles. The second-order valence-electron chi connectivity index (χ2n) is 6.59. The predicted octanol–water partition coefficient (Wildman–Crippen LogP) is 2.62. The minimum atomic E-state index is -0.699. The van der Waals surface area contributed by atoms with Crippen molar-refractivity contribution in [3.05, 3.63) is 0 Å². The quantitative estimate of drug-likeness (QED) is 0.740. The molecular weight excluding hydrogens is 284 g/mol. The van der Waals surface area contributed by atoms with Gasteiger partial charge in [0.1, 0.15) is 0 Å². The molecule has 122 valence electrons. The third-order valence-corrected chi connectivity index (χ3v) is 4.98. The predicted molar refractivity (Wildman–Crippen MR) is 90.1 cm³/mol. The van der Waals surface area contributed by atoms with Crippen molar-refractivity contribution in [2.45, 2.75) is 71.3 Å². The molecule has 1 aliphatic heterocycles. The summed E-state index contributed by atoms with van der Waals surface area (Å²) < 4.78 is 0. The molecule has 0 aromatic carbocycles. The Morgan fingerprint density at radius 3 is 2.33 bits per heavy atom. The molecule has 1 saturated heterocycles. The molecule has 1 rings (SSSR count). The highest BCUT2D eigenvalue weighted by Crippen LogP contribution is 2.34. The molecule has 1 unspecified atom stereocenters. The molecule has 0 spiro atoms. The van der Waals surface area contributed by atoms with Crippen molar-refractivity contribution < 1.29 is 9.90 Å². The second kappa shape index (κ2) is 7.54. The van der Waals surface area contributed by atoms with E-state index in [1.807, 2.05) is 11.8 Å². The van der Waals surface area contributed by atoms with Crippen LogP contribution in [-0.4, -0.2) is 39.6 Å². The Labute approximate surface area is 134 Å². The minimum absolute atomic E-state index is 0.0661. The molecular formula is C16H30N2O2S. The molecule has 1 atom stereocenters. The summed E-state index contributed by atoms with van der Waals surface area (Å²) in [5.41, 5.74) is 4.61. The van der Waals surface area contributed by atoms with Crippen LogP contribution in [0.15, 0.2) is 0 Å². The summed E-state index contributed by atoms with van der Waals surface area (Å²) in [6.07, 6.45) is 5.36. The molecule has 0 saturated carbocycles. The van der Waals surface area contributed by atoms with E-state index in [0.717, 1.165) is 25.7 Å². The zero-order valence-corrected chi connectivity index (χ0v) is 14.5. The third kappa shape index (κ3) is 4.39. The molecule has 3 N–H and O–H groups in total. The number of likely N-dealkylation sites (tertiary alicyclic amines) is 1. The first kappa shape index (κ1) is 18.4. The number of hydrogen-bond donors (Lipinski definition) is 2. The number of nitrogens with two attached hydrogens (primary N) is 1. The van der Waals surface area contributed by atoms with E-state index in [0.29, 0.717) is 37.3 Å². The maximum absolute atomic E-state index is 13.1. The van der Waals surface area contributed by atoms with Crippen LogP contribution in [0.1, 0.15) is 65.7 Å². The zero-order valence-electron chi connectivity index (χ0n) is 13.7. The van der Waals surface area contributed by atoms with E-state index < -0.39 is 11.0 Å². The van der Waals surface area contributed by atoms with E-state index >= 15 is 0 Å². The number of hydrogen-bond acceptors (Lipinski definition) is 3. The SMILES string of the molecule is CCCC(CCC)(C(=O)N1CCCC(C)(O)CC1)C(N)=S. The maximum Gasteiger partial charge on any atom is 0.235 e. The van der Waals surface area contributed by atoms with E-state index in [9.17, 15) is 9.90 Å². The van der Waals surface area contributed by atoms with Gasteiger partial charge in [-0.25, -0.2) is 0 Å².